The van der Waals surface area contributed by atoms with Gasteiger partial charge in [-0.15, -0.1) is 0 Å². The molecule has 19 heavy (non-hydrogen) atoms. The Morgan fingerprint density at radius 1 is 1.26 bits per heavy atom. The second kappa shape index (κ2) is 3.54. The van der Waals surface area contributed by atoms with Crippen LogP contribution in [-0.2, 0) is 0 Å². The lowest BCUT2D eigenvalue weighted by atomic mass is 9.87. The molecule has 0 aromatic carbocycles. The monoisotopic (exact) mass is 274 g/mol. The largest absolute Gasteiger partial charge is 0.737 e. The first-order chi connectivity index (χ1) is 9.19. The third kappa shape index (κ3) is 1.32. The molecule has 2 aliphatic heterocycles. The van der Waals surface area contributed by atoms with Crippen molar-refractivity contribution in [3.63, 3.8) is 0 Å². The van der Waals surface area contributed by atoms with Crippen LogP contribution in [0, 0.1) is 0 Å². The van der Waals surface area contributed by atoms with Crippen LogP contribution in [0.3, 0.4) is 0 Å². The minimum Gasteiger partial charge on any atom is -0.396 e. The maximum atomic E-state index is 14.4. The Balaban J connectivity index is 2.09. The molecule has 0 radical (unpaired) electrons. The minimum absolute atomic E-state index is 0.578. The molecular weight excluding hydrogens is 265 g/mol. The van der Waals surface area contributed by atoms with Crippen LogP contribution in [0.25, 0.3) is 5.57 Å². The van der Waals surface area contributed by atoms with Crippen molar-refractivity contribution in [1.82, 2.24) is 4.48 Å². The summed E-state index contributed by atoms with van der Waals surface area (Å²) in [6.45, 7) is -3.78. The van der Waals surface area contributed by atoms with Gasteiger partial charge < -0.3 is 17.6 Å². The Labute approximate surface area is 112 Å². The molecule has 0 atom stereocenters. The first kappa shape index (κ1) is 10.9. The third-order valence-electron chi connectivity index (χ3n) is 3.55. The average molecular weight is 274 g/mol. The van der Waals surface area contributed by atoms with Crippen LogP contribution in [0.4, 0.5) is 8.63 Å². The van der Waals surface area contributed by atoms with E-state index < -0.39 is 6.97 Å². The average Bonchev–Trinajstić information content (AvgIpc) is 3.11. The molecule has 0 bridgehead atoms. The van der Waals surface area contributed by atoms with Gasteiger partial charge in [0.25, 0.3) is 0 Å². The number of thiophene rings is 1. The number of hydrogen-bond donors (Lipinski definition) is 0. The smallest absolute Gasteiger partial charge is 0.396 e. The highest BCUT2D eigenvalue weighted by Crippen LogP contribution is 2.38. The summed E-state index contributed by atoms with van der Waals surface area (Å²) in [5.41, 5.74) is 3.00. The minimum atomic E-state index is -3.78. The van der Waals surface area contributed by atoms with Gasteiger partial charge in [-0.2, -0.15) is 11.3 Å². The zero-order chi connectivity index (χ0) is 13.0. The molecule has 0 fully saturated rings. The summed E-state index contributed by atoms with van der Waals surface area (Å²) in [5.74, 6) is 0. The Hall–Kier alpha value is -1.95. The molecule has 0 aliphatic carbocycles. The molecule has 2 aliphatic rings. The van der Waals surface area contributed by atoms with E-state index in [2.05, 4.69) is 0 Å². The van der Waals surface area contributed by atoms with Crippen molar-refractivity contribution in [1.29, 1.82) is 0 Å². The van der Waals surface area contributed by atoms with Crippen molar-refractivity contribution in [3.8, 4) is 0 Å². The number of aromatic nitrogens is 1. The summed E-state index contributed by atoms with van der Waals surface area (Å²) >= 11 is 1.57. The second-order valence-corrected chi connectivity index (χ2v) is 5.36. The summed E-state index contributed by atoms with van der Waals surface area (Å²) in [6.07, 6.45) is 6.32. The Bertz CT molecular complexity index is 753. The van der Waals surface area contributed by atoms with E-state index in [9.17, 15) is 8.63 Å². The summed E-state index contributed by atoms with van der Waals surface area (Å²) in [4.78, 5) is 0. The topological polar surface area (TPSA) is 7.94 Å². The maximum Gasteiger partial charge on any atom is 0.737 e. The molecule has 0 spiro atoms. The Morgan fingerprint density at radius 2 is 2.16 bits per heavy atom. The van der Waals surface area contributed by atoms with Gasteiger partial charge in [-0.3, -0.25) is 0 Å². The number of rotatable bonds is 1. The van der Waals surface area contributed by atoms with Crippen molar-refractivity contribution in [3.05, 3.63) is 64.3 Å². The fourth-order valence-electron chi connectivity index (χ4n) is 2.72. The molecule has 6 heteroatoms. The summed E-state index contributed by atoms with van der Waals surface area (Å²) < 4.78 is 31.1. The second-order valence-electron chi connectivity index (χ2n) is 4.58. The van der Waals surface area contributed by atoms with Crippen LogP contribution >= 0.6 is 11.3 Å². The van der Waals surface area contributed by atoms with Crippen LogP contribution < -0.4 is 0 Å². The number of hydrogen-bond acceptors (Lipinski definition) is 1. The van der Waals surface area contributed by atoms with Crippen LogP contribution in [0.1, 0.15) is 11.3 Å². The van der Waals surface area contributed by atoms with E-state index >= 15 is 0 Å². The lowest BCUT2D eigenvalue weighted by Crippen LogP contribution is -2.49. The fourth-order valence-corrected chi connectivity index (χ4v) is 3.37. The van der Waals surface area contributed by atoms with Crippen molar-refractivity contribution in [2.45, 2.75) is 0 Å². The number of halogens is 2. The van der Waals surface area contributed by atoms with E-state index in [1.807, 2.05) is 16.8 Å². The van der Waals surface area contributed by atoms with Gasteiger partial charge in [0.1, 0.15) is 6.21 Å². The van der Waals surface area contributed by atoms with E-state index in [0.29, 0.717) is 11.4 Å². The Morgan fingerprint density at radius 3 is 2.95 bits per heavy atom. The first-order valence-electron chi connectivity index (χ1n) is 5.96. The number of nitrogens with zero attached hydrogens (tertiary/aromatic N) is 2. The first-order valence-corrected chi connectivity index (χ1v) is 6.90. The van der Waals surface area contributed by atoms with E-state index in [0.717, 1.165) is 20.1 Å². The third-order valence-corrected chi connectivity index (χ3v) is 4.23. The fraction of sp³-hybridized carbons (Fsp3) is 0. The molecule has 0 saturated heterocycles. The molecule has 4 heterocycles. The molecule has 94 valence electrons. The lowest BCUT2D eigenvalue weighted by molar-refractivity contribution is -0.356. The van der Waals surface area contributed by atoms with E-state index in [-0.39, 0.29) is 0 Å². The van der Waals surface area contributed by atoms with Crippen LogP contribution in [0.2, 0.25) is 0 Å². The highest BCUT2D eigenvalue weighted by atomic mass is 32.1. The van der Waals surface area contributed by atoms with Crippen LogP contribution in [0.5, 0.6) is 0 Å². The quantitative estimate of drug-likeness (QED) is 0.706. The predicted molar refractivity (Wildman–Crippen MR) is 73.6 cm³/mol. The number of fused-ring (bicyclic) bond motifs is 2. The summed E-state index contributed by atoms with van der Waals surface area (Å²) in [5, 5.41) is 3.95. The molecular formula is C13H9BF2N2S. The predicted octanol–water partition coefficient (Wildman–Crippen LogP) is 3.20. The molecule has 4 rings (SSSR count). The van der Waals surface area contributed by atoms with Gasteiger partial charge in [0.2, 0.25) is 0 Å². The normalized spacial score (nSPS) is 19.4. The molecule has 2 aromatic rings. The SMILES string of the molecule is F[B-]1(F)n2cccc2C(c2ccsc2)=C2C=CC=[N+]21. The van der Waals surface area contributed by atoms with Gasteiger partial charge in [0.05, 0.1) is 5.57 Å². The van der Waals surface area contributed by atoms with Crippen LogP contribution in [-0.4, -0.2) is 22.1 Å². The molecule has 0 saturated carbocycles. The zero-order valence-corrected chi connectivity index (χ0v) is 10.6. The van der Waals surface area contributed by atoms with Gasteiger partial charge in [0, 0.05) is 23.4 Å². The van der Waals surface area contributed by atoms with Crippen LogP contribution in [0.15, 0.2) is 53.0 Å². The van der Waals surface area contributed by atoms with E-state index in [1.54, 1.807) is 35.6 Å². The van der Waals surface area contributed by atoms with Gasteiger partial charge >= 0.3 is 6.97 Å². The highest BCUT2D eigenvalue weighted by Gasteiger charge is 2.51. The Kier molecular flexibility index (Phi) is 2.04. The van der Waals surface area contributed by atoms with E-state index in [1.165, 1.54) is 12.4 Å². The van der Waals surface area contributed by atoms with Crippen molar-refractivity contribution in [2.75, 3.05) is 0 Å². The van der Waals surface area contributed by atoms with Gasteiger partial charge in [-0.1, -0.05) is 0 Å². The maximum absolute atomic E-state index is 14.4. The van der Waals surface area contributed by atoms with Gasteiger partial charge in [-0.05, 0) is 35.2 Å². The van der Waals surface area contributed by atoms with Crippen molar-refractivity contribution < 1.29 is 13.1 Å². The molecule has 0 N–H and O–H groups in total. The zero-order valence-electron chi connectivity index (χ0n) is 9.83. The molecule has 0 amide bonds. The number of allylic oxidation sites excluding steroid dienone is 2. The molecule has 2 aromatic heterocycles. The van der Waals surface area contributed by atoms with Gasteiger partial charge in [0.15, 0.2) is 5.70 Å². The van der Waals surface area contributed by atoms with Crippen molar-refractivity contribution >= 4 is 30.1 Å². The van der Waals surface area contributed by atoms with Gasteiger partial charge in [-0.25, -0.2) is 0 Å². The standard InChI is InChI=1S/C13H9BF2N2S/c15-14(16)17-6-1-3-11(17)13(10-5-8-19-9-10)12-4-2-7-18(12)14/h1-9H. The summed E-state index contributed by atoms with van der Waals surface area (Å²) in [7, 11) is 0. The molecule has 2 nitrogen and oxygen atoms in total. The molecule has 0 unspecified atom stereocenters. The van der Waals surface area contributed by atoms with Crippen molar-refractivity contribution in [2.24, 2.45) is 0 Å². The summed E-state index contributed by atoms with van der Waals surface area (Å²) in [6, 6.07) is 5.38. The van der Waals surface area contributed by atoms with E-state index in [4.69, 9.17) is 0 Å². The highest BCUT2D eigenvalue weighted by molar-refractivity contribution is 7.08. The lowest BCUT2D eigenvalue weighted by Gasteiger charge is -2.30.